The van der Waals surface area contributed by atoms with Gasteiger partial charge in [0.05, 0.1) is 5.75 Å². The van der Waals surface area contributed by atoms with E-state index in [1.165, 1.54) is 11.1 Å². The van der Waals surface area contributed by atoms with Gasteiger partial charge in [-0.15, -0.1) is 11.8 Å². The molecule has 21 heavy (non-hydrogen) atoms. The lowest BCUT2D eigenvalue weighted by Gasteiger charge is -2.06. The van der Waals surface area contributed by atoms with Gasteiger partial charge in [-0.2, -0.15) is 0 Å². The average molecular weight is 300 g/mol. The maximum Gasteiger partial charge on any atom is 0.234 e. The molecule has 0 aromatic heterocycles. The number of benzene rings is 2. The lowest BCUT2D eigenvalue weighted by Crippen LogP contribution is -2.13. The molecule has 1 amide bonds. The van der Waals surface area contributed by atoms with Crippen LogP contribution in [0, 0.1) is 6.92 Å². The number of anilines is 1. The molecule has 3 nitrogen and oxygen atoms in total. The zero-order chi connectivity index (χ0) is 15.1. The van der Waals surface area contributed by atoms with Gasteiger partial charge in [0.25, 0.3) is 0 Å². The Morgan fingerprint density at radius 2 is 1.71 bits per heavy atom. The van der Waals surface area contributed by atoms with E-state index in [4.69, 9.17) is 0 Å². The van der Waals surface area contributed by atoms with E-state index in [0.717, 1.165) is 17.1 Å². The van der Waals surface area contributed by atoms with Crippen LogP contribution in [0.5, 0.6) is 0 Å². The SMILES string of the molecule is CNCc1ccc(SCC(=O)Nc2ccc(C)cc2)cc1. The van der Waals surface area contributed by atoms with Crippen molar-refractivity contribution in [3.63, 3.8) is 0 Å². The van der Waals surface area contributed by atoms with E-state index in [2.05, 4.69) is 34.9 Å². The molecule has 0 bridgehead atoms. The van der Waals surface area contributed by atoms with E-state index >= 15 is 0 Å². The Labute approximate surface area is 130 Å². The molecule has 2 aromatic carbocycles. The minimum absolute atomic E-state index is 0.0168. The highest BCUT2D eigenvalue weighted by atomic mass is 32.2. The minimum atomic E-state index is 0.0168. The highest BCUT2D eigenvalue weighted by Crippen LogP contribution is 2.19. The van der Waals surface area contributed by atoms with Crippen LogP contribution in [0.2, 0.25) is 0 Å². The summed E-state index contributed by atoms with van der Waals surface area (Å²) in [6.45, 7) is 2.89. The second kappa shape index (κ2) is 7.86. The number of nitrogens with one attached hydrogen (secondary N) is 2. The fourth-order valence-corrected chi connectivity index (χ4v) is 2.59. The average Bonchev–Trinajstić information content (AvgIpc) is 2.49. The van der Waals surface area contributed by atoms with Gasteiger partial charge in [-0.1, -0.05) is 29.8 Å². The predicted molar refractivity (Wildman–Crippen MR) is 89.7 cm³/mol. The lowest BCUT2D eigenvalue weighted by molar-refractivity contribution is -0.113. The van der Waals surface area contributed by atoms with Crippen molar-refractivity contribution in [1.29, 1.82) is 0 Å². The van der Waals surface area contributed by atoms with Crippen LogP contribution >= 0.6 is 11.8 Å². The van der Waals surface area contributed by atoms with Crippen LogP contribution < -0.4 is 10.6 Å². The zero-order valence-corrected chi connectivity index (χ0v) is 13.2. The van der Waals surface area contributed by atoms with Gasteiger partial charge in [0.15, 0.2) is 0 Å². The number of rotatable bonds is 6. The summed E-state index contributed by atoms with van der Waals surface area (Å²) in [7, 11) is 1.93. The molecule has 0 radical (unpaired) electrons. The fraction of sp³-hybridized carbons (Fsp3) is 0.235. The first-order chi connectivity index (χ1) is 10.2. The van der Waals surface area contributed by atoms with Crippen LogP contribution in [0.25, 0.3) is 0 Å². The van der Waals surface area contributed by atoms with Gasteiger partial charge in [-0.3, -0.25) is 4.79 Å². The molecular weight excluding hydrogens is 280 g/mol. The first-order valence-corrected chi connectivity index (χ1v) is 7.89. The Morgan fingerprint density at radius 1 is 1.05 bits per heavy atom. The van der Waals surface area contributed by atoms with Crippen molar-refractivity contribution in [3.05, 3.63) is 59.7 Å². The summed E-state index contributed by atoms with van der Waals surface area (Å²) in [6, 6.07) is 16.1. The van der Waals surface area contributed by atoms with Crippen molar-refractivity contribution in [3.8, 4) is 0 Å². The van der Waals surface area contributed by atoms with Gasteiger partial charge in [0.2, 0.25) is 5.91 Å². The molecule has 0 aliphatic carbocycles. The summed E-state index contributed by atoms with van der Waals surface area (Å²) in [5, 5.41) is 6.02. The van der Waals surface area contributed by atoms with Gasteiger partial charge in [0.1, 0.15) is 0 Å². The highest BCUT2D eigenvalue weighted by molar-refractivity contribution is 8.00. The van der Waals surface area contributed by atoms with Crippen molar-refractivity contribution in [2.75, 3.05) is 18.1 Å². The van der Waals surface area contributed by atoms with E-state index in [-0.39, 0.29) is 5.91 Å². The van der Waals surface area contributed by atoms with Crippen molar-refractivity contribution >= 4 is 23.4 Å². The molecule has 2 rings (SSSR count). The minimum Gasteiger partial charge on any atom is -0.325 e. The molecule has 0 aliphatic heterocycles. The molecule has 0 saturated carbocycles. The van der Waals surface area contributed by atoms with Crippen molar-refractivity contribution in [2.24, 2.45) is 0 Å². The van der Waals surface area contributed by atoms with Crippen LogP contribution in [-0.2, 0) is 11.3 Å². The van der Waals surface area contributed by atoms with E-state index in [0.29, 0.717) is 5.75 Å². The molecule has 0 spiro atoms. The van der Waals surface area contributed by atoms with E-state index in [1.54, 1.807) is 11.8 Å². The second-order valence-corrected chi connectivity index (χ2v) is 5.93. The van der Waals surface area contributed by atoms with Gasteiger partial charge < -0.3 is 10.6 Å². The van der Waals surface area contributed by atoms with Crippen LogP contribution in [0.4, 0.5) is 5.69 Å². The van der Waals surface area contributed by atoms with Crippen LogP contribution in [-0.4, -0.2) is 18.7 Å². The van der Waals surface area contributed by atoms with E-state index in [1.807, 2.05) is 38.2 Å². The maximum absolute atomic E-state index is 11.9. The third-order valence-electron chi connectivity index (χ3n) is 3.01. The number of thioether (sulfide) groups is 1. The molecular formula is C17H20N2OS. The quantitative estimate of drug-likeness (QED) is 0.803. The summed E-state index contributed by atoms with van der Waals surface area (Å²) >= 11 is 1.55. The Morgan fingerprint density at radius 3 is 2.33 bits per heavy atom. The zero-order valence-electron chi connectivity index (χ0n) is 12.3. The first-order valence-electron chi connectivity index (χ1n) is 6.90. The standard InChI is InChI=1S/C17H20N2OS/c1-13-3-7-15(8-4-13)19-17(20)12-21-16-9-5-14(6-10-16)11-18-2/h3-10,18H,11-12H2,1-2H3,(H,19,20). The summed E-state index contributed by atoms with van der Waals surface area (Å²) in [4.78, 5) is 13.0. The molecule has 2 aromatic rings. The number of aryl methyl sites for hydroxylation is 1. The predicted octanol–water partition coefficient (Wildman–Crippen LogP) is 3.45. The number of carbonyl (C=O) groups is 1. The van der Waals surface area contributed by atoms with E-state index < -0.39 is 0 Å². The number of amides is 1. The van der Waals surface area contributed by atoms with Gasteiger partial charge in [-0.25, -0.2) is 0 Å². The second-order valence-electron chi connectivity index (χ2n) is 4.88. The van der Waals surface area contributed by atoms with E-state index in [9.17, 15) is 4.79 Å². The number of carbonyl (C=O) groups excluding carboxylic acids is 1. The van der Waals surface area contributed by atoms with Crippen molar-refractivity contribution in [2.45, 2.75) is 18.4 Å². The maximum atomic E-state index is 11.9. The molecule has 0 aliphatic rings. The van der Waals surface area contributed by atoms with Crippen LogP contribution in [0.1, 0.15) is 11.1 Å². The number of hydrogen-bond acceptors (Lipinski definition) is 3. The molecule has 2 N–H and O–H groups in total. The van der Waals surface area contributed by atoms with Crippen molar-refractivity contribution in [1.82, 2.24) is 5.32 Å². The molecule has 0 saturated heterocycles. The Hall–Kier alpha value is -1.78. The summed E-state index contributed by atoms with van der Waals surface area (Å²) in [5.41, 5.74) is 3.27. The Bertz CT molecular complexity index is 579. The molecule has 0 heterocycles. The largest absolute Gasteiger partial charge is 0.325 e. The molecule has 110 valence electrons. The Kier molecular flexibility index (Phi) is 5.84. The fourth-order valence-electron chi connectivity index (χ4n) is 1.89. The van der Waals surface area contributed by atoms with Gasteiger partial charge in [0, 0.05) is 17.1 Å². The van der Waals surface area contributed by atoms with Gasteiger partial charge in [-0.05, 0) is 43.8 Å². The topological polar surface area (TPSA) is 41.1 Å². The molecule has 0 fully saturated rings. The molecule has 4 heteroatoms. The summed E-state index contributed by atoms with van der Waals surface area (Å²) < 4.78 is 0. The summed E-state index contributed by atoms with van der Waals surface area (Å²) in [6.07, 6.45) is 0. The van der Waals surface area contributed by atoms with Gasteiger partial charge >= 0.3 is 0 Å². The normalized spacial score (nSPS) is 10.4. The molecule has 0 unspecified atom stereocenters. The smallest absolute Gasteiger partial charge is 0.234 e. The lowest BCUT2D eigenvalue weighted by atomic mass is 10.2. The third kappa shape index (κ3) is 5.25. The first kappa shape index (κ1) is 15.6. The highest BCUT2D eigenvalue weighted by Gasteiger charge is 2.03. The number of hydrogen-bond donors (Lipinski definition) is 2. The van der Waals surface area contributed by atoms with Crippen LogP contribution in [0.3, 0.4) is 0 Å². The van der Waals surface area contributed by atoms with Crippen molar-refractivity contribution < 1.29 is 4.79 Å². The Balaban J connectivity index is 1.81. The molecule has 0 atom stereocenters. The third-order valence-corrected chi connectivity index (χ3v) is 4.02. The monoisotopic (exact) mass is 300 g/mol. The summed E-state index contributed by atoms with van der Waals surface area (Å²) in [5.74, 6) is 0.433. The van der Waals surface area contributed by atoms with Crippen LogP contribution in [0.15, 0.2) is 53.4 Å².